The van der Waals surface area contributed by atoms with Crippen LogP contribution in [0.3, 0.4) is 0 Å². The lowest BCUT2D eigenvalue weighted by Gasteiger charge is -2.28. The Morgan fingerprint density at radius 2 is 1.79 bits per heavy atom. The number of aromatic nitrogens is 3. The minimum atomic E-state index is -2.87. The molecule has 2 aromatic heterocycles. The number of rotatable bonds is 6. The van der Waals surface area contributed by atoms with E-state index in [2.05, 4.69) is 31.0 Å². The summed E-state index contributed by atoms with van der Waals surface area (Å²) in [5.74, 6) is 1.86. The smallest absolute Gasteiger partial charge is 0.387 e. The number of benzene rings is 1. The fraction of sp³-hybridized carbons (Fsp3) is 0.280. The molecule has 0 amide bonds. The molecule has 1 fully saturated rings. The summed E-state index contributed by atoms with van der Waals surface area (Å²) in [6.45, 7) is 3.16. The van der Waals surface area contributed by atoms with E-state index in [4.69, 9.17) is 0 Å². The zero-order valence-corrected chi connectivity index (χ0v) is 18.5. The van der Waals surface area contributed by atoms with E-state index < -0.39 is 6.61 Å². The fourth-order valence-electron chi connectivity index (χ4n) is 3.73. The number of anilines is 1. The van der Waals surface area contributed by atoms with Gasteiger partial charge in [0, 0.05) is 55.9 Å². The highest BCUT2D eigenvalue weighted by Crippen LogP contribution is 2.23. The molecule has 0 radical (unpaired) electrons. The molecule has 0 unspecified atom stereocenters. The number of para-hydroxylation sites is 1. The summed E-state index contributed by atoms with van der Waals surface area (Å²) >= 11 is 0. The van der Waals surface area contributed by atoms with Crippen LogP contribution in [0, 0.1) is 6.92 Å². The Labute approximate surface area is 192 Å². The minimum Gasteiger partial charge on any atom is -0.434 e. The highest BCUT2D eigenvalue weighted by Gasteiger charge is 2.12. The number of nitrogens with zero attached hydrogens (tertiary/aromatic N) is 4. The van der Waals surface area contributed by atoms with Crippen molar-refractivity contribution in [2.75, 3.05) is 31.1 Å². The molecule has 4 rings (SSSR count). The van der Waals surface area contributed by atoms with E-state index in [0.29, 0.717) is 12.1 Å². The number of ether oxygens (including phenoxy) is 1. The van der Waals surface area contributed by atoms with E-state index in [1.54, 1.807) is 30.5 Å². The predicted octanol–water partition coefficient (Wildman–Crippen LogP) is 4.44. The van der Waals surface area contributed by atoms with Gasteiger partial charge in [-0.3, -0.25) is 0 Å². The molecule has 8 heteroatoms. The molecule has 3 heterocycles. The Morgan fingerprint density at radius 1 is 0.970 bits per heavy atom. The van der Waals surface area contributed by atoms with Crippen LogP contribution in [0.4, 0.5) is 14.6 Å². The van der Waals surface area contributed by atoms with Gasteiger partial charge in [-0.2, -0.15) is 8.78 Å². The first-order valence-corrected chi connectivity index (χ1v) is 10.9. The van der Waals surface area contributed by atoms with Gasteiger partial charge < -0.3 is 19.5 Å². The Bertz CT molecular complexity index is 1110. The number of nitrogens with one attached hydrogen (secondary N) is 1. The van der Waals surface area contributed by atoms with Crippen LogP contribution in [0.15, 0.2) is 73.2 Å². The molecule has 1 saturated heterocycles. The van der Waals surface area contributed by atoms with E-state index in [1.165, 1.54) is 0 Å². The first-order valence-electron chi connectivity index (χ1n) is 10.9. The van der Waals surface area contributed by atoms with Crippen molar-refractivity contribution in [1.29, 1.82) is 0 Å². The predicted molar refractivity (Wildman–Crippen MR) is 125 cm³/mol. The van der Waals surface area contributed by atoms with Crippen LogP contribution in [0.25, 0.3) is 11.1 Å². The summed E-state index contributed by atoms with van der Waals surface area (Å²) in [6.07, 6.45) is 5.50. The van der Waals surface area contributed by atoms with Crippen LogP contribution in [0.5, 0.6) is 5.75 Å². The van der Waals surface area contributed by atoms with Crippen molar-refractivity contribution in [1.82, 2.24) is 19.9 Å². The van der Waals surface area contributed by atoms with Gasteiger partial charge in [0.25, 0.3) is 0 Å². The van der Waals surface area contributed by atoms with Gasteiger partial charge in [-0.05, 0) is 42.8 Å². The molecule has 6 nitrogen and oxygen atoms in total. The van der Waals surface area contributed by atoms with Gasteiger partial charge in [-0.25, -0.2) is 9.97 Å². The lowest BCUT2D eigenvalue weighted by Crippen LogP contribution is -2.43. The lowest BCUT2D eigenvalue weighted by molar-refractivity contribution is -0.0504. The van der Waals surface area contributed by atoms with Crippen molar-refractivity contribution in [3.05, 3.63) is 84.6 Å². The monoisotopic (exact) mass is 451 g/mol. The maximum atomic E-state index is 12.8. The minimum absolute atomic E-state index is 0.160. The molecule has 33 heavy (non-hydrogen) atoms. The molecular formula is C25H27F2N5O. The molecule has 0 bridgehead atoms. The first kappa shape index (κ1) is 22.7. The molecule has 0 saturated carbocycles. The fourth-order valence-corrected chi connectivity index (χ4v) is 3.73. The van der Waals surface area contributed by atoms with Gasteiger partial charge in [-0.1, -0.05) is 24.3 Å². The maximum Gasteiger partial charge on any atom is 0.387 e. The van der Waals surface area contributed by atoms with Crippen molar-refractivity contribution in [2.45, 2.75) is 20.1 Å². The Balaban J connectivity index is 1.63. The number of hydrogen-bond acceptors (Lipinski definition) is 5. The average molecular weight is 452 g/mol. The molecule has 172 valence electrons. The Kier molecular flexibility index (Phi) is 7.47. The third-order valence-electron chi connectivity index (χ3n) is 5.52. The molecule has 3 aromatic rings. The Morgan fingerprint density at radius 3 is 2.55 bits per heavy atom. The second kappa shape index (κ2) is 10.9. The third kappa shape index (κ3) is 6.04. The lowest BCUT2D eigenvalue weighted by atomic mass is 10.1. The topological polar surface area (TPSA) is 55.2 Å². The number of alkyl halides is 2. The Hall–Kier alpha value is -3.52. The second-order valence-corrected chi connectivity index (χ2v) is 7.71. The summed E-state index contributed by atoms with van der Waals surface area (Å²) in [5, 5.41) is 3.35. The number of aryl methyl sites for hydroxylation is 1. The van der Waals surface area contributed by atoms with Crippen molar-refractivity contribution in [3.8, 4) is 16.9 Å². The van der Waals surface area contributed by atoms with E-state index in [9.17, 15) is 8.78 Å². The van der Waals surface area contributed by atoms with Crippen molar-refractivity contribution >= 4 is 5.82 Å². The summed E-state index contributed by atoms with van der Waals surface area (Å²) in [5.41, 5.74) is 2.60. The standard InChI is InChI=1S/C25H27F2N5O/c1-19-29-11-4-6-20(21-8-9-24(30-17-21)31-15-12-28-13-16-31)10-14-32(19)18-22-5-2-3-7-23(22)33-25(26)27/h2-11,14,17,25,28H,12-13,15-16,18H2,1H3. The van der Waals surface area contributed by atoms with Crippen LogP contribution >= 0.6 is 0 Å². The van der Waals surface area contributed by atoms with Crippen molar-refractivity contribution in [3.63, 3.8) is 0 Å². The molecule has 1 N–H and O–H groups in total. The van der Waals surface area contributed by atoms with E-state index in [1.807, 2.05) is 48.1 Å². The summed E-state index contributed by atoms with van der Waals surface area (Å²) in [4.78, 5) is 11.4. The maximum absolute atomic E-state index is 12.8. The van der Waals surface area contributed by atoms with Gasteiger partial charge in [0.05, 0.1) is 6.54 Å². The summed E-state index contributed by atoms with van der Waals surface area (Å²) in [6, 6.07) is 16.7. The van der Waals surface area contributed by atoms with Crippen LogP contribution in [0.1, 0.15) is 11.4 Å². The third-order valence-corrected chi connectivity index (χ3v) is 5.52. The number of hydrogen-bond donors (Lipinski definition) is 1. The number of pyridine rings is 1. The van der Waals surface area contributed by atoms with Crippen LogP contribution in [-0.4, -0.2) is 47.3 Å². The van der Waals surface area contributed by atoms with E-state index in [-0.39, 0.29) is 5.75 Å². The number of halogens is 2. The molecule has 1 aliphatic heterocycles. The average Bonchev–Trinajstić information content (AvgIpc) is 2.92. The number of piperazine rings is 1. The second-order valence-electron chi connectivity index (χ2n) is 7.71. The molecular weight excluding hydrogens is 424 g/mol. The highest BCUT2D eigenvalue weighted by molar-refractivity contribution is 5.63. The zero-order chi connectivity index (χ0) is 23.0. The normalized spacial score (nSPS) is 13.6. The van der Waals surface area contributed by atoms with Gasteiger partial charge >= 0.3 is 6.61 Å². The van der Waals surface area contributed by atoms with Gasteiger partial charge in [0.2, 0.25) is 0 Å². The quantitative estimate of drug-likeness (QED) is 0.601. The molecule has 0 aliphatic carbocycles. The highest BCUT2D eigenvalue weighted by atomic mass is 19.3. The zero-order valence-electron chi connectivity index (χ0n) is 18.5. The summed E-state index contributed by atoms with van der Waals surface area (Å²) < 4.78 is 32.2. The van der Waals surface area contributed by atoms with Gasteiger partial charge in [0.1, 0.15) is 17.4 Å². The molecule has 0 spiro atoms. The molecule has 1 aliphatic rings. The van der Waals surface area contributed by atoms with Crippen molar-refractivity contribution < 1.29 is 13.5 Å². The largest absolute Gasteiger partial charge is 0.434 e. The summed E-state index contributed by atoms with van der Waals surface area (Å²) in [7, 11) is 0. The van der Waals surface area contributed by atoms with Crippen LogP contribution in [-0.2, 0) is 6.54 Å². The first-order chi connectivity index (χ1) is 16.1. The van der Waals surface area contributed by atoms with E-state index >= 15 is 0 Å². The van der Waals surface area contributed by atoms with Gasteiger partial charge in [-0.15, -0.1) is 0 Å². The van der Waals surface area contributed by atoms with E-state index in [0.717, 1.165) is 48.9 Å². The van der Waals surface area contributed by atoms with Gasteiger partial charge in [0.15, 0.2) is 0 Å². The van der Waals surface area contributed by atoms with Crippen LogP contribution < -0.4 is 15.0 Å². The molecule has 1 aromatic carbocycles. The van der Waals surface area contributed by atoms with Crippen molar-refractivity contribution in [2.24, 2.45) is 0 Å². The SMILES string of the molecule is Cc1ncccc(-c2ccc(N3CCNCC3)nc2)ccn1Cc1ccccc1OC(F)F. The molecule has 0 atom stereocenters. The van der Waals surface area contributed by atoms with Crippen LogP contribution in [0.2, 0.25) is 0 Å².